The van der Waals surface area contributed by atoms with Crippen LogP contribution in [0.15, 0.2) is 24.3 Å². The number of nitrogens with zero attached hydrogens (tertiary/aromatic N) is 1. The molecule has 1 aromatic rings. The van der Waals surface area contributed by atoms with Gasteiger partial charge in [0.2, 0.25) is 0 Å². The molecule has 19 heavy (non-hydrogen) atoms. The zero-order valence-corrected chi connectivity index (χ0v) is 10.6. The highest BCUT2D eigenvalue weighted by Gasteiger charge is 2.23. The molecular weight excluding hydrogens is 248 g/mol. The van der Waals surface area contributed by atoms with Crippen LogP contribution in [0.5, 0.6) is 0 Å². The van der Waals surface area contributed by atoms with Crippen molar-refractivity contribution in [3.8, 4) is 0 Å². The average molecular weight is 264 g/mol. The molecule has 0 radical (unpaired) electrons. The molecule has 1 saturated heterocycles. The van der Waals surface area contributed by atoms with Gasteiger partial charge in [-0.25, -0.2) is 9.59 Å². The Morgan fingerprint density at radius 3 is 2.63 bits per heavy atom. The van der Waals surface area contributed by atoms with Crippen molar-refractivity contribution in [1.29, 1.82) is 0 Å². The van der Waals surface area contributed by atoms with Gasteiger partial charge in [0.25, 0.3) is 0 Å². The van der Waals surface area contributed by atoms with E-state index in [0.29, 0.717) is 25.4 Å². The van der Waals surface area contributed by atoms with Crippen LogP contribution in [0.1, 0.15) is 17.3 Å². The van der Waals surface area contributed by atoms with Crippen molar-refractivity contribution in [1.82, 2.24) is 4.90 Å². The molecule has 1 aliphatic rings. The maximum absolute atomic E-state index is 12.0. The Labute approximate surface area is 111 Å². The number of nitrogens with one attached hydrogen (secondary N) is 1. The molecule has 1 heterocycles. The first kappa shape index (κ1) is 13.4. The lowest BCUT2D eigenvalue weighted by atomic mass is 10.2. The molecule has 1 fully saturated rings. The Hall–Kier alpha value is -2.08. The molecule has 0 bridgehead atoms. The van der Waals surface area contributed by atoms with Crippen LogP contribution in [0, 0.1) is 0 Å². The van der Waals surface area contributed by atoms with Crippen molar-refractivity contribution >= 4 is 17.7 Å². The lowest BCUT2D eigenvalue weighted by Gasteiger charge is -2.33. The Balaban J connectivity index is 2.00. The third kappa shape index (κ3) is 3.23. The molecule has 1 aliphatic heterocycles. The van der Waals surface area contributed by atoms with Crippen LogP contribution in [0.3, 0.4) is 0 Å². The number of anilines is 1. The van der Waals surface area contributed by atoms with Crippen molar-refractivity contribution in [3.05, 3.63) is 29.8 Å². The number of morpholine rings is 1. The average Bonchev–Trinajstić information content (AvgIpc) is 2.39. The predicted molar refractivity (Wildman–Crippen MR) is 69.4 cm³/mol. The predicted octanol–water partition coefficient (Wildman–Crippen LogP) is 1.64. The van der Waals surface area contributed by atoms with Crippen LogP contribution in [0.2, 0.25) is 0 Å². The van der Waals surface area contributed by atoms with Crippen molar-refractivity contribution in [2.45, 2.75) is 13.0 Å². The number of carboxylic acids is 1. The van der Waals surface area contributed by atoms with E-state index in [9.17, 15) is 9.59 Å². The number of urea groups is 1. The summed E-state index contributed by atoms with van der Waals surface area (Å²) < 4.78 is 5.27. The molecule has 2 rings (SSSR count). The number of carbonyl (C=O) groups excluding carboxylic acids is 1. The number of benzene rings is 1. The molecular formula is C13H16N2O4. The van der Waals surface area contributed by atoms with Gasteiger partial charge in [0.05, 0.1) is 24.8 Å². The van der Waals surface area contributed by atoms with E-state index in [1.807, 2.05) is 6.92 Å². The molecule has 1 aromatic carbocycles. The van der Waals surface area contributed by atoms with E-state index in [1.54, 1.807) is 17.0 Å². The summed E-state index contributed by atoms with van der Waals surface area (Å²) in [5, 5.41) is 11.5. The summed E-state index contributed by atoms with van der Waals surface area (Å²) in [6, 6.07) is 5.91. The third-order valence-electron chi connectivity index (χ3n) is 3.01. The zero-order chi connectivity index (χ0) is 13.8. The summed E-state index contributed by atoms with van der Waals surface area (Å²) in [7, 11) is 0. The van der Waals surface area contributed by atoms with E-state index in [0.717, 1.165) is 0 Å². The van der Waals surface area contributed by atoms with E-state index >= 15 is 0 Å². The second-order valence-corrected chi connectivity index (χ2v) is 4.43. The van der Waals surface area contributed by atoms with Gasteiger partial charge in [0.15, 0.2) is 0 Å². The molecule has 0 aliphatic carbocycles. The smallest absolute Gasteiger partial charge is 0.335 e. The minimum atomic E-state index is -0.986. The Morgan fingerprint density at radius 2 is 2.05 bits per heavy atom. The van der Waals surface area contributed by atoms with Crippen LogP contribution in [-0.2, 0) is 4.74 Å². The largest absolute Gasteiger partial charge is 0.478 e. The van der Waals surface area contributed by atoms with Gasteiger partial charge in [-0.15, -0.1) is 0 Å². The van der Waals surface area contributed by atoms with Gasteiger partial charge in [0.1, 0.15) is 0 Å². The van der Waals surface area contributed by atoms with Crippen molar-refractivity contribution < 1.29 is 19.4 Å². The van der Waals surface area contributed by atoms with Crippen molar-refractivity contribution in [2.24, 2.45) is 0 Å². The zero-order valence-electron chi connectivity index (χ0n) is 10.6. The molecule has 0 spiro atoms. The summed E-state index contributed by atoms with van der Waals surface area (Å²) in [6.07, 6.45) is 0. The molecule has 6 heteroatoms. The number of ether oxygens (including phenoxy) is 1. The van der Waals surface area contributed by atoms with Crippen molar-refractivity contribution in [3.63, 3.8) is 0 Å². The van der Waals surface area contributed by atoms with Gasteiger partial charge in [-0.05, 0) is 31.2 Å². The SMILES string of the molecule is CC1COCCN1C(=O)Nc1ccc(C(=O)O)cc1. The van der Waals surface area contributed by atoms with E-state index in [2.05, 4.69) is 5.32 Å². The molecule has 1 unspecified atom stereocenters. The second-order valence-electron chi connectivity index (χ2n) is 4.43. The minimum Gasteiger partial charge on any atom is -0.478 e. The highest BCUT2D eigenvalue weighted by atomic mass is 16.5. The molecule has 1 atom stereocenters. The van der Waals surface area contributed by atoms with Gasteiger partial charge in [0, 0.05) is 12.2 Å². The summed E-state index contributed by atoms with van der Waals surface area (Å²) >= 11 is 0. The number of hydrogen-bond acceptors (Lipinski definition) is 3. The third-order valence-corrected chi connectivity index (χ3v) is 3.01. The number of amides is 2. The van der Waals surface area contributed by atoms with Gasteiger partial charge in [-0.1, -0.05) is 0 Å². The first-order chi connectivity index (χ1) is 9.08. The first-order valence-corrected chi connectivity index (χ1v) is 6.06. The summed E-state index contributed by atoms with van der Waals surface area (Å²) in [5.74, 6) is -0.986. The summed E-state index contributed by atoms with van der Waals surface area (Å²) in [5.41, 5.74) is 0.770. The van der Waals surface area contributed by atoms with E-state index in [1.165, 1.54) is 12.1 Å². The fraction of sp³-hybridized carbons (Fsp3) is 0.385. The maximum atomic E-state index is 12.0. The number of rotatable bonds is 2. The lowest BCUT2D eigenvalue weighted by molar-refractivity contribution is 0.0222. The standard InChI is InChI=1S/C13H16N2O4/c1-9-8-19-7-6-15(9)13(18)14-11-4-2-10(3-5-11)12(16)17/h2-5,9H,6-8H2,1H3,(H,14,18)(H,16,17). The Kier molecular flexibility index (Phi) is 4.01. The molecule has 2 amide bonds. The van der Waals surface area contributed by atoms with E-state index in [-0.39, 0.29) is 17.6 Å². The van der Waals surface area contributed by atoms with Gasteiger partial charge in [-0.2, -0.15) is 0 Å². The number of carbonyl (C=O) groups is 2. The van der Waals surface area contributed by atoms with Gasteiger partial charge in [-0.3, -0.25) is 0 Å². The molecule has 0 aromatic heterocycles. The van der Waals surface area contributed by atoms with E-state index < -0.39 is 5.97 Å². The molecule has 102 valence electrons. The molecule has 0 saturated carbocycles. The Morgan fingerprint density at radius 1 is 1.37 bits per heavy atom. The number of carboxylic acid groups (broad SMARTS) is 1. The molecule has 2 N–H and O–H groups in total. The fourth-order valence-electron chi connectivity index (χ4n) is 1.92. The number of hydrogen-bond donors (Lipinski definition) is 2. The minimum absolute atomic E-state index is 0.0343. The maximum Gasteiger partial charge on any atom is 0.335 e. The van der Waals surface area contributed by atoms with Gasteiger partial charge >= 0.3 is 12.0 Å². The van der Waals surface area contributed by atoms with Crippen LogP contribution in [0.25, 0.3) is 0 Å². The van der Waals surface area contributed by atoms with E-state index in [4.69, 9.17) is 9.84 Å². The first-order valence-electron chi connectivity index (χ1n) is 6.06. The topological polar surface area (TPSA) is 78.9 Å². The van der Waals surface area contributed by atoms with Crippen molar-refractivity contribution in [2.75, 3.05) is 25.1 Å². The van der Waals surface area contributed by atoms with Gasteiger partial charge < -0.3 is 20.1 Å². The highest BCUT2D eigenvalue weighted by molar-refractivity contribution is 5.91. The highest BCUT2D eigenvalue weighted by Crippen LogP contribution is 2.13. The second kappa shape index (κ2) is 5.71. The van der Waals surface area contributed by atoms with Crippen LogP contribution < -0.4 is 5.32 Å². The molecule has 6 nitrogen and oxygen atoms in total. The number of aromatic carboxylic acids is 1. The quantitative estimate of drug-likeness (QED) is 0.851. The van der Waals surface area contributed by atoms with Crippen LogP contribution in [-0.4, -0.2) is 47.8 Å². The van der Waals surface area contributed by atoms with Crippen LogP contribution in [0.4, 0.5) is 10.5 Å². The lowest BCUT2D eigenvalue weighted by Crippen LogP contribution is -2.48. The fourth-order valence-corrected chi connectivity index (χ4v) is 1.92. The Bertz CT molecular complexity index is 472. The summed E-state index contributed by atoms with van der Waals surface area (Å²) in [4.78, 5) is 24.5. The monoisotopic (exact) mass is 264 g/mol. The summed E-state index contributed by atoms with van der Waals surface area (Å²) in [6.45, 7) is 3.55. The normalized spacial score (nSPS) is 19.0. The van der Waals surface area contributed by atoms with Crippen LogP contribution >= 0.6 is 0 Å².